The van der Waals surface area contributed by atoms with Crippen molar-refractivity contribution in [1.82, 2.24) is 24.7 Å². The van der Waals surface area contributed by atoms with Crippen molar-refractivity contribution >= 4 is 17.4 Å². The Kier molecular flexibility index (Phi) is 2.72. The minimum atomic E-state index is -0.0776. The van der Waals surface area contributed by atoms with Crippen molar-refractivity contribution in [2.24, 2.45) is 0 Å². The molecule has 2 aromatic heterocycles. The fraction of sp³-hybridized carbons (Fsp3) is 0.250. The van der Waals surface area contributed by atoms with Crippen LogP contribution in [0.1, 0.15) is 15.2 Å². The van der Waals surface area contributed by atoms with Crippen molar-refractivity contribution in [1.29, 1.82) is 0 Å². The Morgan fingerprint density at radius 1 is 1.60 bits per heavy atom. The van der Waals surface area contributed by atoms with Crippen LogP contribution >= 0.6 is 11.5 Å². The third kappa shape index (κ3) is 2.18. The van der Waals surface area contributed by atoms with Crippen LogP contribution in [0.4, 0.5) is 0 Å². The zero-order valence-electron chi connectivity index (χ0n) is 8.04. The van der Waals surface area contributed by atoms with Crippen molar-refractivity contribution in [3.63, 3.8) is 0 Å². The molecule has 0 atom stereocenters. The lowest BCUT2D eigenvalue weighted by molar-refractivity contribution is 0.0789. The Bertz CT molecular complexity index is 424. The van der Waals surface area contributed by atoms with Gasteiger partial charge in [-0.05, 0) is 11.5 Å². The van der Waals surface area contributed by atoms with Gasteiger partial charge in [-0.2, -0.15) is 5.10 Å². The third-order valence-corrected chi connectivity index (χ3v) is 2.55. The highest BCUT2D eigenvalue weighted by Gasteiger charge is 2.14. The zero-order valence-corrected chi connectivity index (χ0v) is 8.86. The lowest BCUT2D eigenvalue weighted by Gasteiger charge is -2.13. The minimum absolute atomic E-state index is 0.0776. The van der Waals surface area contributed by atoms with Crippen LogP contribution in [0.5, 0.6) is 0 Å². The normalized spacial score (nSPS) is 10.2. The maximum atomic E-state index is 11.8. The Labute approximate surface area is 90.1 Å². The maximum absolute atomic E-state index is 11.8. The van der Waals surface area contributed by atoms with Crippen LogP contribution < -0.4 is 0 Å². The molecule has 2 aromatic rings. The molecule has 1 N–H and O–H groups in total. The molecule has 0 radical (unpaired) electrons. The van der Waals surface area contributed by atoms with Gasteiger partial charge in [0.25, 0.3) is 5.91 Å². The Morgan fingerprint density at radius 3 is 3.07 bits per heavy atom. The monoisotopic (exact) mass is 223 g/mol. The van der Waals surface area contributed by atoms with Crippen LogP contribution in [-0.2, 0) is 6.54 Å². The molecule has 0 aromatic carbocycles. The molecule has 2 heterocycles. The van der Waals surface area contributed by atoms with Gasteiger partial charge in [0.1, 0.15) is 4.88 Å². The summed E-state index contributed by atoms with van der Waals surface area (Å²) in [4.78, 5) is 13.9. The van der Waals surface area contributed by atoms with Gasteiger partial charge in [0.05, 0.1) is 12.4 Å². The standard InChI is InChI=1S/C8H9N5OS/c1-13(5-6-2-9-10-3-6)8(14)7-4-11-12-15-7/h2-4H,5H2,1H3,(H,9,10). The van der Waals surface area contributed by atoms with Crippen LogP contribution in [0, 0.1) is 0 Å². The van der Waals surface area contributed by atoms with Crippen molar-refractivity contribution in [3.8, 4) is 0 Å². The number of H-pyrrole nitrogens is 1. The predicted octanol–water partition coefficient (Wildman–Crippen LogP) is 0.533. The lowest BCUT2D eigenvalue weighted by Crippen LogP contribution is -2.25. The number of hydrogen-bond acceptors (Lipinski definition) is 5. The summed E-state index contributed by atoms with van der Waals surface area (Å²) in [7, 11) is 1.73. The first-order valence-electron chi connectivity index (χ1n) is 4.28. The van der Waals surface area contributed by atoms with Gasteiger partial charge in [-0.1, -0.05) is 4.49 Å². The number of nitrogens with zero attached hydrogens (tertiary/aromatic N) is 4. The summed E-state index contributed by atoms with van der Waals surface area (Å²) in [6.45, 7) is 0.521. The predicted molar refractivity (Wildman–Crippen MR) is 54.3 cm³/mol. The molecule has 0 saturated heterocycles. The first kappa shape index (κ1) is 9.78. The second-order valence-corrected chi connectivity index (χ2v) is 3.84. The summed E-state index contributed by atoms with van der Waals surface area (Å²) in [6.07, 6.45) is 4.92. The maximum Gasteiger partial charge on any atom is 0.267 e. The van der Waals surface area contributed by atoms with E-state index in [1.807, 2.05) is 0 Å². The number of amides is 1. The molecule has 0 bridgehead atoms. The molecule has 0 aliphatic heterocycles. The van der Waals surface area contributed by atoms with Gasteiger partial charge in [-0.15, -0.1) is 5.10 Å². The van der Waals surface area contributed by atoms with Gasteiger partial charge in [-0.25, -0.2) is 0 Å². The Hall–Kier alpha value is -1.76. The molecule has 15 heavy (non-hydrogen) atoms. The average Bonchev–Trinajstić information content (AvgIpc) is 2.88. The molecule has 7 heteroatoms. The molecule has 6 nitrogen and oxygen atoms in total. The van der Waals surface area contributed by atoms with Gasteiger partial charge in [-0.3, -0.25) is 9.89 Å². The second-order valence-electron chi connectivity index (χ2n) is 3.05. The fourth-order valence-electron chi connectivity index (χ4n) is 1.16. The van der Waals surface area contributed by atoms with Crippen molar-refractivity contribution < 1.29 is 4.79 Å². The number of nitrogens with one attached hydrogen (secondary N) is 1. The smallest absolute Gasteiger partial charge is 0.267 e. The highest BCUT2D eigenvalue weighted by atomic mass is 32.1. The number of aromatic amines is 1. The lowest BCUT2D eigenvalue weighted by atomic mass is 10.3. The van der Waals surface area contributed by atoms with E-state index in [4.69, 9.17) is 0 Å². The highest BCUT2D eigenvalue weighted by molar-refractivity contribution is 7.07. The molecule has 2 rings (SSSR count). The first-order chi connectivity index (χ1) is 7.27. The van der Waals surface area contributed by atoms with Crippen LogP contribution in [0.3, 0.4) is 0 Å². The largest absolute Gasteiger partial charge is 0.336 e. The molecular formula is C8H9N5OS. The van der Waals surface area contributed by atoms with Crippen LogP contribution in [0.15, 0.2) is 18.6 Å². The summed E-state index contributed by atoms with van der Waals surface area (Å²) >= 11 is 1.10. The minimum Gasteiger partial charge on any atom is -0.336 e. The number of carbonyl (C=O) groups excluding carboxylic acids is 1. The second kappa shape index (κ2) is 4.18. The molecule has 0 spiro atoms. The molecule has 0 fully saturated rings. The van der Waals surface area contributed by atoms with Gasteiger partial charge in [0.15, 0.2) is 0 Å². The van der Waals surface area contributed by atoms with Crippen molar-refractivity contribution in [2.45, 2.75) is 6.54 Å². The summed E-state index contributed by atoms with van der Waals surface area (Å²) in [5, 5.41) is 10.1. The Balaban J connectivity index is 2.03. The zero-order chi connectivity index (χ0) is 10.7. The quantitative estimate of drug-likeness (QED) is 0.823. The van der Waals surface area contributed by atoms with Gasteiger partial charge in [0, 0.05) is 25.4 Å². The molecule has 0 aliphatic carbocycles. The summed E-state index contributed by atoms with van der Waals surface area (Å²) < 4.78 is 3.65. The van der Waals surface area contributed by atoms with E-state index < -0.39 is 0 Å². The SMILES string of the molecule is CN(Cc1cn[nH]c1)C(=O)c1cnns1. The molecule has 1 amide bonds. The van der Waals surface area contributed by atoms with Crippen LogP contribution in [0.2, 0.25) is 0 Å². The van der Waals surface area contributed by atoms with Crippen molar-refractivity contribution in [3.05, 3.63) is 29.0 Å². The third-order valence-electron chi connectivity index (χ3n) is 1.89. The molecule has 0 unspecified atom stereocenters. The topological polar surface area (TPSA) is 74.8 Å². The summed E-state index contributed by atoms with van der Waals surface area (Å²) in [5.41, 5.74) is 0.961. The molecular weight excluding hydrogens is 214 g/mol. The number of carbonyl (C=O) groups is 1. The van der Waals surface area contributed by atoms with E-state index in [1.165, 1.54) is 6.20 Å². The summed E-state index contributed by atoms with van der Waals surface area (Å²) in [6, 6.07) is 0. The fourth-order valence-corrected chi connectivity index (χ4v) is 1.67. The van der Waals surface area contributed by atoms with Crippen LogP contribution in [0.25, 0.3) is 0 Å². The van der Waals surface area contributed by atoms with E-state index in [0.29, 0.717) is 11.4 Å². The first-order valence-corrected chi connectivity index (χ1v) is 5.05. The van der Waals surface area contributed by atoms with E-state index in [9.17, 15) is 4.79 Å². The Morgan fingerprint density at radius 2 is 2.47 bits per heavy atom. The number of hydrogen-bond donors (Lipinski definition) is 1. The van der Waals surface area contributed by atoms with Gasteiger partial charge < -0.3 is 4.90 Å². The van der Waals surface area contributed by atoms with Gasteiger partial charge in [0.2, 0.25) is 0 Å². The molecule has 78 valence electrons. The highest BCUT2D eigenvalue weighted by Crippen LogP contribution is 2.08. The number of rotatable bonds is 3. The van der Waals surface area contributed by atoms with E-state index in [1.54, 1.807) is 24.3 Å². The van der Waals surface area contributed by atoms with Crippen LogP contribution in [-0.4, -0.2) is 37.6 Å². The molecule has 0 saturated carbocycles. The van der Waals surface area contributed by atoms with E-state index in [0.717, 1.165) is 17.1 Å². The summed E-state index contributed by atoms with van der Waals surface area (Å²) in [5.74, 6) is -0.0776. The van der Waals surface area contributed by atoms with E-state index in [2.05, 4.69) is 19.8 Å². The average molecular weight is 223 g/mol. The number of aromatic nitrogens is 4. The van der Waals surface area contributed by atoms with Gasteiger partial charge >= 0.3 is 0 Å². The molecule has 0 aliphatic rings. The van der Waals surface area contributed by atoms with Crippen molar-refractivity contribution in [2.75, 3.05) is 7.05 Å². The van der Waals surface area contributed by atoms with E-state index >= 15 is 0 Å². The van der Waals surface area contributed by atoms with E-state index in [-0.39, 0.29) is 5.91 Å².